The van der Waals surface area contributed by atoms with Gasteiger partial charge in [-0.1, -0.05) is 23.2 Å². The first-order valence-electron chi connectivity index (χ1n) is 15.3. The number of halogens is 5. The van der Waals surface area contributed by atoms with Gasteiger partial charge in [-0.15, -0.1) is 11.8 Å². The standard InChI is InChI=1S/C32H32Cl2F3N7O3S/c1-42-10-12-43(13-11-42)22-3-4-23(26(17-22)44(31(46)32(35,36)37)21-8-14-47-15-9-21)30(45)39-29-28-25(40-41-29)6-7-27(38-28)48-18-19-16-20(33)2-5-24(19)34/h2-7,16-17,21H,8-15,18H2,1H3,(H2,39,40,41,45). The summed E-state index contributed by atoms with van der Waals surface area (Å²) in [5.74, 6) is -2.20. The molecule has 0 atom stereocenters. The first-order valence-corrected chi connectivity index (χ1v) is 17.0. The van der Waals surface area contributed by atoms with Gasteiger partial charge in [-0.05, 0) is 74.0 Å². The van der Waals surface area contributed by atoms with Gasteiger partial charge in [0.25, 0.3) is 5.91 Å². The number of anilines is 3. The number of carbonyl (C=O) groups excluding carboxylic acids is 2. The second kappa shape index (κ2) is 14.5. The number of hydrogen-bond acceptors (Lipinski definition) is 8. The number of amides is 2. The highest BCUT2D eigenvalue weighted by molar-refractivity contribution is 7.98. The maximum absolute atomic E-state index is 14.1. The minimum Gasteiger partial charge on any atom is -0.381 e. The van der Waals surface area contributed by atoms with Gasteiger partial charge in [0.2, 0.25) is 0 Å². The van der Waals surface area contributed by atoms with Gasteiger partial charge in [-0.25, -0.2) is 4.98 Å². The zero-order valence-corrected chi connectivity index (χ0v) is 28.1. The van der Waals surface area contributed by atoms with E-state index in [4.69, 9.17) is 27.9 Å². The van der Waals surface area contributed by atoms with Crippen LogP contribution in [0, 0.1) is 0 Å². The predicted octanol–water partition coefficient (Wildman–Crippen LogP) is 6.64. The third kappa shape index (κ3) is 7.68. The zero-order chi connectivity index (χ0) is 34.0. The number of piperazine rings is 1. The number of H-pyrrole nitrogens is 1. The Labute approximate surface area is 288 Å². The van der Waals surface area contributed by atoms with Crippen molar-refractivity contribution in [3.63, 3.8) is 0 Å². The number of rotatable bonds is 8. The number of aromatic nitrogens is 3. The fourth-order valence-electron chi connectivity index (χ4n) is 5.75. The van der Waals surface area contributed by atoms with Crippen LogP contribution in [0.15, 0.2) is 53.6 Å². The lowest BCUT2D eigenvalue weighted by Crippen LogP contribution is -2.50. The van der Waals surface area contributed by atoms with E-state index in [1.165, 1.54) is 23.9 Å². The van der Waals surface area contributed by atoms with Gasteiger partial charge in [-0.2, -0.15) is 18.3 Å². The summed E-state index contributed by atoms with van der Waals surface area (Å²) in [6, 6.07) is 12.6. The van der Waals surface area contributed by atoms with Crippen molar-refractivity contribution in [2.24, 2.45) is 0 Å². The number of fused-ring (bicyclic) bond motifs is 1. The largest absolute Gasteiger partial charge is 0.471 e. The molecule has 2 amide bonds. The van der Waals surface area contributed by atoms with Gasteiger partial charge >= 0.3 is 12.1 Å². The number of aromatic amines is 1. The maximum Gasteiger partial charge on any atom is 0.471 e. The molecular formula is C32H32Cl2F3N7O3S. The number of nitrogens with zero attached hydrogens (tertiary/aromatic N) is 5. The number of pyridine rings is 1. The SMILES string of the molecule is CN1CCN(c2ccc(C(=O)Nc3n[nH]c4ccc(SCc5cc(Cl)ccc5Cl)nc34)c(N(C(=O)C(F)(F)F)C3CCOCC3)c2)CC1. The van der Waals surface area contributed by atoms with E-state index in [9.17, 15) is 22.8 Å². The Hall–Kier alpha value is -3.56. The number of hydrogen-bond donors (Lipinski definition) is 2. The molecule has 6 rings (SSSR count). The quantitative estimate of drug-likeness (QED) is 0.195. The van der Waals surface area contributed by atoms with Crippen LogP contribution in [0.2, 0.25) is 10.0 Å². The molecule has 4 heterocycles. The second-order valence-corrected chi connectivity index (χ2v) is 13.4. The van der Waals surface area contributed by atoms with Gasteiger partial charge in [0.15, 0.2) is 5.82 Å². The summed E-state index contributed by atoms with van der Waals surface area (Å²) in [6.45, 7) is 3.19. The van der Waals surface area contributed by atoms with Crippen LogP contribution in [0.4, 0.5) is 30.4 Å². The third-order valence-corrected chi connectivity index (χ3v) is 9.95. The van der Waals surface area contributed by atoms with Crippen molar-refractivity contribution in [3.8, 4) is 0 Å². The van der Waals surface area contributed by atoms with Crippen molar-refractivity contribution in [2.75, 3.05) is 61.6 Å². The van der Waals surface area contributed by atoms with E-state index in [0.29, 0.717) is 50.6 Å². The van der Waals surface area contributed by atoms with Crippen LogP contribution in [-0.2, 0) is 15.3 Å². The molecule has 10 nitrogen and oxygen atoms in total. The van der Waals surface area contributed by atoms with Crippen molar-refractivity contribution in [3.05, 3.63) is 69.7 Å². The summed E-state index contributed by atoms with van der Waals surface area (Å²) in [5, 5.41) is 11.5. The van der Waals surface area contributed by atoms with Gasteiger partial charge in [0.1, 0.15) is 5.52 Å². The number of alkyl halides is 3. The summed E-state index contributed by atoms with van der Waals surface area (Å²) in [6.07, 6.45) is -4.78. The number of likely N-dealkylation sites (N-methyl/N-ethyl adjacent to an activating group) is 1. The molecule has 254 valence electrons. The first kappa shape index (κ1) is 34.3. The maximum atomic E-state index is 14.1. The second-order valence-electron chi connectivity index (χ2n) is 11.6. The molecule has 2 aromatic heterocycles. The molecule has 0 aliphatic carbocycles. The average Bonchev–Trinajstić information content (AvgIpc) is 3.47. The van der Waals surface area contributed by atoms with Crippen molar-refractivity contribution in [2.45, 2.75) is 35.8 Å². The van der Waals surface area contributed by atoms with E-state index in [1.807, 2.05) is 11.9 Å². The topological polar surface area (TPSA) is 107 Å². The molecule has 2 aromatic carbocycles. The van der Waals surface area contributed by atoms with E-state index < -0.39 is 24.0 Å². The van der Waals surface area contributed by atoms with E-state index >= 15 is 0 Å². The van der Waals surface area contributed by atoms with Gasteiger partial charge < -0.3 is 24.8 Å². The Morgan fingerprint density at radius 3 is 2.54 bits per heavy atom. The average molecular weight is 723 g/mol. The van der Waals surface area contributed by atoms with E-state index in [-0.39, 0.29) is 43.1 Å². The Morgan fingerprint density at radius 1 is 1.06 bits per heavy atom. The lowest BCUT2D eigenvalue weighted by atomic mass is 10.0. The molecular weight excluding hydrogens is 690 g/mol. The number of benzene rings is 2. The van der Waals surface area contributed by atoms with Crippen LogP contribution < -0.4 is 15.1 Å². The fourth-order valence-corrected chi connectivity index (χ4v) is 7.07. The summed E-state index contributed by atoms with van der Waals surface area (Å²) in [5.41, 5.74) is 2.11. The number of nitrogens with one attached hydrogen (secondary N) is 2. The number of ether oxygens (including phenoxy) is 1. The highest BCUT2D eigenvalue weighted by Gasteiger charge is 2.46. The van der Waals surface area contributed by atoms with Crippen LogP contribution >= 0.6 is 35.0 Å². The molecule has 0 spiro atoms. The Morgan fingerprint density at radius 2 is 1.81 bits per heavy atom. The minimum atomic E-state index is -5.17. The molecule has 2 aliphatic rings. The summed E-state index contributed by atoms with van der Waals surface area (Å²) in [7, 11) is 2.00. The molecule has 0 radical (unpaired) electrons. The highest BCUT2D eigenvalue weighted by atomic mass is 35.5. The molecule has 4 aromatic rings. The Kier molecular flexibility index (Phi) is 10.4. The molecule has 16 heteroatoms. The lowest BCUT2D eigenvalue weighted by Gasteiger charge is -2.37. The Bertz CT molecular complexity index is 1810. The van der Waals surface area contributed by atoms with Crippen LogP contribution in [0.1, 0.15) is 28.8 Å². The van der Waals surface area contributed by atoms with Gasteiger partial charge in [-0.3, -0.25) is 14.7 Å². The predicted molar refractivity (Wildman–Crippen MR) is 181 cm³/mol. The third-order valence-electron chi connectivity index (χ3n) is 8.37. The van der Waals surface area contributed by atoms with E-state index in [1.54, 1.807) is 36.4 Å². The minimum absolute atomic E-state index is 0.0899. The fraction of sp³-hybridized carbons (Fsp3) is 0.375. The van der Waals surface area contributed by atoms with Gasteiger partial charge in [0, 0.05) is 66.9 Å². The lowest BCUT2D eigenvalue weighted by molar-refractivity contribution is -0.171. The zero-order valence-electron chi connectivity index (χ0n) is 25.8. The van der Waals surface area contributed by atoms with E-state index in [0.717, 1.165) is 23.6 Å². The molecule has 2 fully saturated rings. The number of thioether (sulfide) groups is 1. The highest BCUT2D eigenvalue weighted by Crippen LogP contribution is 2.36. The molecule has 2 N–H and O–H groups in total. The first-order chi connectivity index (χ1) is 23.0. The molecule has 2 saturated heterocycles. The van der Waals surface area contributed by atoms with Crippen molar-refractivity contribution in [1.82, 2.24) is 20.1 Å². The normalized spacial score (nSPS) is 16.3. The van der Waals surface area contributed by atoms with Gasteiger partial charge in [0.05, 0.1) is 21.8 Å². The van der Waals surface area contributed by atoms with E-state index in [2.05, 4.69) is 25.4 Å². The summed E-state index contributed by atoms with van der Waals surface area (Å²) >= 11 is 13.8. The van der Waals surface area contributed by atoms with Crippen LogP contribution in [-0.4, -0.2) is 90.6 Å². The summed E-state index contributed by atoms with van der Waals surface area (Å²) in [4.78, 5) is 36.6. The molecule has 0 bridgehead atoms. The molecule has 48 heavy (non-hydrogen) atoms. The van der Waals surface area contributed by atoms with Crippen LogP contribution in [0.25, 0.3) is 11.0 Å². The van der Waals surface area contributed by atoms with Crippen LogP contribution in [0.5, 0.6) is 0 Å². The van der Waals surface area contributed by atoms with Crippen LogP contribution in [0.3, 0.4) is 0 Å². The summed E-state index contributed by atoms with van der Waals surface area (Å²) < 4.78 is 47.8. The molecule has 2 aliphatic heterocycles. The smallest absolute Gasteiger partial charge is 0.381 e. The number of carbonyl (C=O) groups is 2. The van der Waals surface area contributed by atoms with Crippen molar-refractivity contribution >= 4 is 75.0 Å². The monoisotopic (exact) mass is 721 g/mol. The Balaban J connectivity index is 1.33. The molecule has 0 unspecified atom stereocenters. The van der Waals surface area contributed by atoms with Crippen molar-refractivity contribution < 1.29 is 27.5 Å². The molecule has 0 saturated carbocycles. The van der Waals surface area contributed by atoms with Crippen molar-refractivity contribution in [1.29, 1.82) is 0 Å².